The highest BCUT2D eigenvalue weighted by atomic mass is 32.2. The van der Waals surface area contributed by atoms with Gasteiger partial charge in [-0.1, -0.05) is 0 Å². The Morgan fingerprint density at radius 3 is 2.59 bits per heavy atom. The van der Waals surface area contributed by atoms with Gasteiger partial charge in [-0.05, 0) is 25.8 Å². The highest BCUT2D eigenvalue weighted by Gasteiger charge is 2.34. The SMILES string of the molecule is O=S1(=O)CCCC1CNS(=O)(=O)C1CCNC1. The molecule has 2 aliphatic heterocycles. The van der Waals surface area contributed by atoms with Crippen molar-refractivity contribution < 1.29 is 16.8 Å². The maximum atomic E-state index is 11.9. The Morgan fingerprint density at radius 1 is 1.29 bits per heavy atom. The van der Waals surface area contributed by atoms with Gasteiger partial charge in [0.2, 0.25) is 10.0 Å². The lowest BCUT2D eigenvalue weighted by Gasteiger charge is -2.14. The molecule has 0 aromatic carbocycles. The fourth-order valence-electron chi connectivity index (χ4n) is 2.31. The minimum atomic E-state index is -3.37. The molecule has 2 atom stereocenters. The van der Waals surface area contributed by atoms with Gasteiger partial charge in [0.25, 0.3) is 0 Å². The first-order valence-electron chi connectivity index (χ1n) is 5.82. The van der Waals surface area contributed by atoms with Gasteiger partial charge in [-0.3, -0.25) is 0 Å². The summed E-state index contributed by atoms with van der Waals surface area (Å²) in [7, 11) is -6.45. The normalized spacial score (nSPS) is 32.9. The van der Waals surface area contributed by atoms with Crippen molar-refractivity contribution in [2.45, 2.75) is 29.8 Å². The Labute approximate surface area is 102 Å². The van der Waals surface area contributed by atoms with Crippen molar-refractivity contribution in [3.63, 3.8) is 0 Å². The van der Waals surface area contributed by atoms with Gasteiger partial charge < -0.3 is 5.32 Å². The Morgan fingerprint density at radius 2 is 2.06 bits per heavy atom. The van der Waals surface area contributed by atoms with Crippen LogP contribution in [-0.2, 0) is 19.9 Å². The van der Waals surface area contributed by atoms with Crippen molar-refractivity contribution in [2.75, 3.05) is 25.4 Å². The zero-order chi connectivity index (χ0) is 12.5. The van der Waals surface area contributed by atoms with Crippen LogP contribution >= 0.6 is 0 Å². The van der Waals surface area contributed by atoms with Crippen LogP contribution in [0.25, 0.3) is 0 Å². The molecule has 100 valence electrons. The summed E-state index contributed by atoms with van der Waals surface area (Å²) < 4.78 is 49.3. The Kier molecular flexibility index (Phi) is 3.77. The number of hydrogen-bond acceptors (Lipinski definition) is 5. The molecular weight excluding hydrogens is 264 g/mol. The van der Waals surface area contributed by atoms with Gasteiger partial charge in [0.05, 0.1) is 16.3 Å². The number of sulfone groups is 1. The zero-order valence-corrected chi connectivity index (χ0v) is 11.2. The molecule has 0 bridgehead atoms. The molecule has 6 nitrogen and oxygen atoms in total. The molecule has 2 aliphatic rings. The van der Waals surface area contributed by atoms with E-state index >= 15 is 0 Å². The van der Waals surface area contributed by atoms with Gasteiger partial charge in [0, 0.05) is 13.1 Å². The quantitative estimate of drug-likeness (QED) is 0.679. The molecule has 0 aliphatic carbocycles. The molecule has 0 aromatic heterocycles. The van der Waals surface area contributed by atoms with Crippen LogP contribution in [-0.4, -0.2) is 52.7 Å². The maximum Gasteiger partial charge on any atom is 0.215 e. The molecule has 2 saturated heterocycles. The summed E-state index contributed by atoms with van der Waals surface area (Å²) >= 11 is 0. The predicted octanol–water partition coefficient (Wildman–Crippen LogP) is -1.16. The van der Waals surface area contributed by atoms with Crippen molar-refractivity contribution in [1.82, 2.24) is 10.0 Å². The number of hydrogen-bond donors (Lipinski definition) is 2. The lowest BCUT2D eigenvalue weighted by molar-refractivity contribution is 0.560. The number of nitrogens with one attached hydrogen (secondary N) is 2. The Bertz CT molecular complexity index is 465. The summed E-state index contributed by atoms with van der Waals surface area (Å²) in [6.45, 7) is 1.18. The van der Waals surface area contributed by atoms with Crippen molar-refractivity contribution in [3.05, 3.63) is 0 Å². The van der Waals surface area contributed by atoms with Crippen LogP contribution in [0, 0.1) is 0 Å². The summed E-state index contributed by atoms with van der Waals surface area (Å²) in [5.74, 6) is 0.185. The Balaban J connectivity index is 1.93. The summed E-state index contributed by atoms with van der Waals surface area (Å²) in [4.78, 5) is 0. The van der Waals surface area contributed by atoms with E-state index in [-0.39, 0.29) is 12.3 Å². The molecule has 8 heteroatoms. The third kappa shape index (κ3) is 2.98. The van der Waals surface area contributed by atoms with Gasteiger partial charge in [0.15, 0.2) is 9.84 Å². The van der Waals surface area contributed by atoms with Gasteiger partial charge in [-0.15, -0.1) is 0 Å². The van der Waals surface area contributed by atoms with Crippen LogP contribution in [0.4, 0.5) is 0 Å². The first-order valence-corrected chi connectivity index (χ1v) is 9.09. The molecule has 0 saturated carbocycles. The second-order valence-corrected chi connectivity index (χ2v) is 9.09. The molecule has 2 N–H and O–H groups in total. The third-order valence-electron chi connectivity index (χ3n) is 3.43. The van der Waals surface area contributed by atoms with E-state index < -0.39 is 30.4 Å². The molecule has 0 spiro atoms. The average Bonchev–Trinajstić information content (AvgIpc) is 2.84. The van der Waals surface area contributed by atoms with Crippen molar-refractivity contribution in [1.29, 1.82) is 0 Å². The van der Waals surface area contributed by atoms with E-state index in [2.05, 4.69) is 10.0 Å². The molecule has 0 amide bonds. The van der Waals surface area contributed by atoms with E-state index in [0.29, 0.717) is 32.4 Å². The molecule has 2 unspecified atom stereocenters. The topological polar surface area (TPSA) is 92.3 Å². The summed E-state index contributed by atoms with van der Waals surface area (Å²) in [6, 6.07) is 0. The first-order chi connectivity index (χ1) is 7.92. The van der Waals surface area contributed by atoms with Gasteiger partial charge in [0.1, 0.15) is 0 Å². The molecule has 2 rings (SSSR count). The fourth-order valence-corrected chi connectivity index (χ4v) is 5.61. The van der Waals surface area contributed by atoms with Crippen LogP contribution < -0.4 is 10.0 Å². The Hall–Kier alpha value is -0.180. The van der Waals surface area contributed by atoms with Crippen LogP contribution in [0.5, 0.6) is 0 Å². The molecular formula is C9H18N2O4S2. The predicted molar refractivity (Wildman–Crippen MR) is 65.0 cm³/mol. The summed E-state index contributed by atoms with van der Waals surface area (Å²) in [5, 5.41) is 2.03. The maximum absolute atomic E-state index is 11.9. The molecule has 2 fully saturated rings. The van der Waals surface area contributed by atoms with Gasteiger partial charge >= 0.3 is 0 Å². The van der Waals surface area contributed by atoms with Crippen LogP contribution in [0.1, 0.15) is 19.3 Å². The van der Waals surface area contributed by atoms with E-state index in [1.165, 1.54) is 0 Å². The van der Waals surface area contributed by atoms with E-state index in [0.717, 1.165) is 0 Å². The smallest absolute Gasteiger partial charge is 0.215 e. The average molecular weight is 282 g/mol. The number of rotatable bonds is 4. The second-order valence-electron chi connectivity index (χ2n) is 4.64. The molecule has 2 heterocycles. The van der Waals surface area contributed by atoms with E-state index in [9.17, 15) is 16.8 Å². The number of sulfonamides is 1. The zero-order valence-electron chi connectivity index (χ0n) is 9.55. The fraction of sp³-hybridized carbons (Fsp3) is 1.00. The van der Waals surface area contributed by atoms with Gasteiger partial charge in [-0.25, -0.2) is 21.6 Å². The minimum Gasteiger partial charge on any atom is -0.315 e. The largest absolute Gasteiger partial charge is 0.315 e. The molecule has 0 radical (unpaired) electrons. The minimum absolute atomic E-state index is 0.0289. The van der Waals surface area contributed by atoms with Gasteiger partial charge in [-0.2, -0.15) is 0 Å². The van der Waals surface area contributed by atoms with E-state index in [1.807, 2.05) is 0 Å². The standard InChI is InChI=1S/C9H18N2O4S2/c12-16(13)5-1-2-8(16)7-11-17(14,15)9-3-4-10-6-9/h8-11H,1-7H2. The highest BCUT2D eigenvalue weighted by Crippen LogP contribution is 2.19. The lowest BCUT2D eigenvalue weighted by Crippen LogP contribution is -2.40. The van der Waals surface area contributed by atoms with E-state index in [1.54, 1.807) is 0 Å². The van der Waals surface area contributed by atoms with Crippen LogP contribution in [0.3, 0.4) is 0 Å². The van der Waals surface area contributed by atoms with Crippen molar-refractivity contribution in [2.24, 2.45) is 0 Å². The molecule has 17 heavy (non-hydrogen) atoms. The van der Waals surface area contributed by atoms with E-state index in [4.69, 9.17) is 0 Å². The summed E-state index contributed by atoms with van der Waals surface area (Å²) in [6.07, 6.45) is 1.79. The lowest BCUT2D eigenvalue weighted by atomic mass is 10.2. The third-order valence-corrected chi connectivity index (χ3v) is 7.55. The van der Waals surface area contributed by atoms with Crippen molar-refractivity contribution >= 4 is 19.9 Å². The first kappa shape index (κ1) is 13.3. The van der Waals surface area contributed by atoms with Crippen LogP contribution in [0.15, 0.2) is 0 Å². The molecule has 0 aromatic rings. The van der Waals surface area contributed by atoms with Crippen molar-refractivity contribution in [3.8, 4) is 0 Å². The summed E-state index contributed by atoms with van der Waals surface area (Å²) in [5.41, 5.74) is 0. The van der Waals surface area contributed by atoms with Crippen LogP contribution in [0.2, 0.25) is 0 Å². The second kappa shape index (κ2) is 4.83. The highest BCUT2D eigenvalue weighted by molar-refractivity contribution is 7.92. The monoisotopic (exact) mass is 282 g/mol.